The summed E-state index contributed by atoms with van der Waals surface area (Å²) in [4.78, 5) is 25.2. The van der Waals surface area contributed by atoms with Crippen molar-refractivity contribution < 1.29 is 9.53 Å². The fourth-order valence-corrected chi connectivity index (χ4v) is 4.01. The van der Waals surface area contributed by atoms with Crippen LogP contribution in [0.5, 0.6) is 5.88 Å². The summed E-state index contributed by atoms with van der Waals surface area (Å²) in [5, 5.41) is 7.53. The first-order valence-electron chi connectivity index (χ1n) is 10.5. The number of hydrogen-bond donors (Lipinski definition) is 1. The number of guanidine groups is 1. The lowest BCUT2D eigenvalue weighted by atomic mass is 10.2. The fraction of sp³-hybridized carbons (Fsp3) is 0.524. The van der Waals surface area contributed by atoms with Crippen molar-refractivity contribution in [2.75, 3.05) is 31.6 Å². The summed E-state index contributed by atoms with van der Waals surface area (Å²) >= 11 is 0. The number of nitrogens with zero attached hydrogens (tertiary/aromatic N) is 6. The number of nitrogens with one attached hydrogen (secondary N) is 1. The van der Waals surface area contributed by atoms with Gasteiger partial charge < -0.3 is 19.9 Å². The highest BCUT2D eigenvalue weighted by atomic mass is 16.5. The molecule has 0 aromatic carbocycles. The number of aliphatic imine (C=N–C) groups is 1. The maximum atomic E-state index is 12.7. The van der Waals surface area contributed by atoms with Crippen LogP contribution >= 0.6 is 0 Å². The summed E-state index contributed by atoms with van der Waals surface area (Å²) in [6, 6.07) is 3.93. The van der Waals surface area contributed by atoms with E-state index in [1.807, 2.05) is 30.3 Å². The Morgan fingerprint density at radius 2 is 2.17 bits per heavy atom. The minimum Gasteiger partial charge on any atom is -0.474 e. The summed E-state index contributed by atoms with van der Waals surface area (Å²) in [5.74, 6) is 1.42. The topological polar surface area (TPSA) is 87.9 Å². The van der Waals surface area contributed by atoms with Crippen LogP contribution in [0.2, 0.25) is 0 Å². The lowest BCUT2D eigenvalue weighted by molar-refractivity contribution is -0.120. The molecule has 2 aromatic heterocycles. The van der Waals surface area contributed by atoms with Crippen LogP contribution in [0.25, 0.3) is 0 Å². The molecule has 30 heavy (non-hydrogen) atoms. The number of anilines is 1. The molecule has 0 bridgehead atoms. The molecule has 2 aliphatic rings. The highest BCUT2D eigenvalue weighted by Gasteiger charge is 2.28. The normalized spacial score (nSPS) is 18.2. The summed E-state index contributed by atoms with van der Waals surface area (Å²) in [6.07, 6.45) is 10.2. The van der Waals surface area contributed by atoms with Crippen molar-refractivity contribution in [3.8, 4) is 5.88 Å². The molecule has 3 heterocycles. The predicted molar refractivity (Wildman–Crippen MR) is 114 cm³/mol. The summed E-state index contributed by atoms with van der Waals surface area (Å²) in [7, 11) is 3.58. The van der Waals surface area contributed by atoms with Crippen LogP contribution in [-0.4, -0.2) is 64.3 Å². The Labute approximate surface area is 176 Å². The third kappa shape index (κ3) is 4.55. The van der Waals surface area contributed by atoms with Gasteiger partial charge >= 0.3 is 0 Å². The van der Waals surface area contributed by atoms with Gasteiger partial charge in [-0.05, 0) is 31.7 Å². The Morgan fingerprint density at radius 1 is 1.33 bits per heavy atom. The third-order valence-electron chi connectivity index (χ3n) is 5.60. The summed E-state index contributed by atoms with van der Waals surface area (Å²) in [5.41, 5.74) is 1.82. The van der Waals surface area contributed by atoms with Gasteiger partial charge in [0.15, 0.2) is 5.96 Å². The van der Waals surface area contributed by atoms with E-state index in [-0.39, 0.29) is 18.6 Å². The van der Waals surface area contributed by atoms with E-state index < -0.39 is 0 Å². The molecule has 0 spiro atoms. The van der Waals surface area contributed by atoms with E-state index in [1.165, 1.54) is 12.8 Å². The number of piperazine rings is 1. The zero-order chi connectivity index (χ0) is 20.9. The van der Waals surface area contributed by atoms with Crippen molar-refractivity contribution in [1.29, 1.82) is 0 Å². The first-order valence-corrected chi connectivity index (χ1v) is 10.5. The molecule has 0 radical (unpaired) electrons. The Hall–Kier alpha value is -3.10. The van der Waals surface area contributed by atoms with Gasteiger partial charge in [0.2, 0.25) is 11.8 Å². The molecule has 160 valence electrons. The van der Waals surface area contributed by atoms with Crippen LogP contribution in [0.15, 0.2) is 35.7 Å². The quantitative estimate of drug-likeness (QED) is 0.593. The predicted octanol–water partition coefficient (Wildman–Crippen LogP) is 1.56. The molecule has 1 saturated carbocycles. The molecule has 1 aliphatic carbocycles. The number of pyridine rings is 1. The van der Waals surface area contributed by atoms with Crippen LogP contribution in [0, 0.1) is 0 Å². The molecular weight excluding hydrogens is 382 g/mol. The van der Waals surface area contributed by atoms with Crippen LogP contribution < -0.4 is 15.0 Å². The highest BCUT2D eigenvalue weighted by Crippen LogP contribution is 2.25. The van der Waals surface area contributed by atoms with Crippen LogP contribution in [-0.2, 0) is 18.4 Å². The van der Waals surface area contributed by atoms with Gasteiger partial charge in [0.05, 0.1) is 11.9 Å². The number of carbonyl (C=O) groups excluding carboxylic acids is 1. The fourth-order valence-electron chi connectivity index (χ4n) is 4.01. The molecule has 1 N–H and O–H groups in total. The van der Waals surface area contributed by atoms with Crippen molar-refractivity contribution in [3.63, 3.8) is 0 Å². The lowest BCUT2D eigenvalue weighted by Crippen LogP contribution is -2.55. The van der Waals surface area contributed by atoms with Crippen LogP contribution in [0.4, 0.5) is 5.69 Å². The van der Waals surface area contributed by atoms with Gasteiger partial charge in [-0.25, -0.2) is 4.98 Å². The molecule has 2 fully saturated rings. The van der Waals surface area contributed by atoms with Gasteiger partial charge in [0, 0.05) is 51.7 Å². The minimum atomic E-state index is 0.0313. The molecular formula is C21H29N7O2. The standard InChI is InChI=1S/C21H29N7O2/c1-22-21(27-10-11-28(19(29)15-27)17-13-25-26(2)14-17)24-12-16-6-5-9-23-20(16)30-18-7-3-4-8-18/h5-6,9,13-14,18H,3-4,7-8,10-12,15H2,1-2H3,(H,22,24). The van der Waals surface area contributed by atoms with E-state index in [1.54, 1.807) is 29.0 Å². The number of ether oxygens (including phenoxy) is 1. The van der Waals surface area contributed by atoms with Gasteiger partial charge in [-0.1, -0.05) is 6.07 Å². The Bertz CT molecular complexity index is 904. The first kappa shape index (κ1) is 20.2. The van der Waals surface area contributed by atoms with E-state index in [4.69, 9.17) is 4.74 Å². The van der Waals surface area contributed by atoms with E-state index in [0.717, 1.165) is 24.1 Å². The van der Waals surface area contributed by atoms with E-state index in [2.05, 4.69) is 20.4 Å². The number of hydrogen-bond acceptors (Lipinski definition) is 5. The first-order chi connectivity index (χ1) is 14.6. The van der Waals surface area contributed by atoms with Crippen molar-refractivity contribution >= 4 is 17.6 Å². The number of aromatic nitrogens is 3. The molecule has 9 nitrogen and oxygen atoms in total. The van der Waals surface area contributed by atoms with Gasteiger partial charge in [-0.15, -0.1) is 0 Å². The number of amides is 1. The second kappa shape index (κ2) is 9.15. The van der Waals surface area contributed by atoms with Crippen LogP contribution in [0.3, 0.4) is 0 Å². The Kier molecular flexibility index (Phi) is 6.15. The van der Waals surface area contributed by atoms with Gasteiger partial charge in [0.25, 0.3) is 0 Å². The smallest absolute Gasteiger partial charge is 0.246 e. The lowest BCUT2D eigenvalue weighted by Gasteiger charge is -2.35. The van der Waals surface area contributed by atoms with Gasteiger partial charge in [0.1, 0.15) is 12.6 Å². The summed E-state index contributed by atoms with van der Waals surface area (Å²) < 4.78 is 7.83. The van der Waals surface area contributed by atoms with E-state index in [9.17, 15) is 4.79 Å². The zero-order valence-corrected chi connectivity index (χ0v) is 17.6. The number of aryl methyl sites for hydroxylation is 1. The Morgan fingerprint density at radius 3 is 2.87 bits per heavy atom. The van der Waals surface area contributed by atoms with Crippen molar-refractivity contribution in [2.45, 2.75) is 38.3 Å². The highest BCUT2D eigenvalue weighted by molar-refractivity contribution is 5.98. The SMILES string of the molecule is CN=C(NCc1cccnc1OC1CCCC1)N1CCN(c2cnn(C)c2)C(=O)C1. The maximum absolute atomic E-state index is 12.7. The molecule has 1 amide bonds. The largest absolute Gasteiger partial charge is 0.474 e. The van der Waals surface area contributed by atoms with Crippen molar-refractivity contribution in [1.82, 2.24) is 25.0 Å². The van der Waals surface area contributed by atoms with E-state index >= 15 is 0 Å². The molecule has 0 atom stereocenters. The average molecular weight is 412 g/mol. The maximum Gasteiger partial charge on any atom is 0.246 e. The van der Waals surface area contributed by atoms with Crippen LogP contribution in [0.1, 0.15) is 31.2 Å². The number of rotatable bonds is 5. The average Bonchev–Trinajstić information content (AvgIpc) is 3.41. The molecule has 1 saturated heterocycles. The molecule has 4 rings (SSSR count). The Balaban J connectivity index is 1.36. The van der Waals surface area contributed by atoms with E-state index in [0.29, 0.717) is 31.5 Å². The second-order valence-corrected chi connectivity index (χ2v) is 7.73. The molecule has 1 aliphatic heterocycles. The summed E-state index contributed by atoms with van der Waals surface area (Å²) in [6.45, 7) is 2.10. The van der Waals surface area contributed by atoms with Crippen molar-refractivity contribution in [3.05, 3.63) is 36.3 Å². The molecule has 0 unspecified atom stereocenters. The van der Waals surface area contributed by atoms with Crippen molar-refractivity contribution in [2.24, 2.45) is 12.0 Å². The van der Waals surface area contributed by atoms with Gasteiger partial charge in [-0.3, -0.25) is 14.5 Å². The monoisotopic (exact) mass is 411 g/mol. The molecule has 2 aromatic rings. The minimum absolute atomic E-state index is 0.0313. The number of carbonyl (C=O) groups is 1. The molecule has 9 heteroatoms. The van der Waals surface area contributed by atoms with Gasteiger partial charge in [-0.2, -0.15) is 5.10 Å². The third-order valence-corrected chi connectivity index (χ3v) is 5.60. The zero-order valence-electron chi connectivity index (χ0n) is 17.6. The second-order valence-electron chi connectivity index (χ2n) is 7.73.